The number of ether oxygens (including phenoxy) is 1. The van der Waals surface area contributed by atoms with Gasteiger partial charge in [-0.2, -0.15) is 4.98 Å². The van der Waals surface area contributed by atoms with Crippen LogP contribution in [0.5, 0.6) is 5.75 Å². The van der Waals surface area contributed by atoms with Gasteiger partial charge in [0.15, 0.2) is 5.82 Å². The first kappa shape index (κ1) is 25.0. The number of nitrogens with one attached hydrogen (secondary N) is 1. The number of nitrogens with zero attached hydrogens (tertiary/aromatic N) is 3. The maximum absolute atomic E-state index is 12.3. The molecular formula is C24H36N4O5. The quantitative estimate of drug-likeness (QED) is 0.413. The van der Waals surface area contributed by atoms with E-state index in [2.05, 4.69) is 27.3 Å². The largest absolute Gasteiger partial charge is 0.494 e. The molecule has 3 rings (SSSR count). The Balaban J connectivity index is 1.37. The molecule has 33 heavy (non-hydrogen) atoms. The van der Waals surface area contributed by atoms with Gasteiger partial charge in [-0.3, -0.25) is 4.79 Å². The highest BCUT2D eigenvalue weighted by Crippen LogP contribution is 2.25. The van der Waals surface area contributed by atoms with Crippen molar-refractivity contribution in [3.05, 3.63) is 35.2 Å². The van der Waals surface area contributed by atoms with Gasteiger partial charge in [0.05, 0.1) is 25.9 Å². The molecule has 0 radical (unpaired) electrons. The Hall–Kier alpha value is -2.65. The highest BCUT2D eigenvalue weighted by atomic mass is 16.5. The second-order valence-corrected chi connectivity index (χ2v) is 8.68. The molecule has 2 aromatic rings. The van der Waals surface area contributed by atoms with Crippen molar-refractivity contribution in [3.8, 4) is 5.75 Å². The summed E-state index contributed by atoms with van der Waals surface area (Å²) in [5.74, 6) is 1.87. The summed E-state index contributed by atoms with van der Waals surface area (Å²) in [6.45, 7) is 5.85. The van der Waals surface area contributed by atoms with Crippen molar-refractivity contribution in [1.82, 2.24) is 15.5 Å². The van der Waals surface area contributed by atoms with E-state index in [1.165, 1.54) is 0 Å². The Morgan fingerprint density at radius 2 is 2.06 bits per heavy atom. The van der Waals surface area contributed by atoms with Crippen LogP contribution in [0.25, 0.3) is 0 Å². The molecule has 3 N–H and O–H groups in total. The molecule has 2 heterocycles. The van der Waals surface area contributed by atoms with Gasteiger partial charge in [0.2, 0.25) is 0 Å². The summed E-state index contributed by atoms with van der Waals surface area (Å²) in [6, 6.07) is 5.33. The van der Waals surface area contributed by atoms with Gasteiger partial charge in [0, 0.05) is 25.1 Å². The number of rotatable bonds is 12. The summed E-state index contributed by atoms with van der Waals surface area (Å²) >= 11 is 0. The number of piperidine rings is 1. The fourth-order valence-corrected chi connectivity index (χ4v) is 4.07. The Morgan fingerprint density at radius 3 is 2.73 bits per heavy atom. The number of aliphatic hydroxyl groups is 2. The number of hydrogen-bond donors (Lipinski definition) is 3. The lowest BCUT2D eigenvalue weighted by molar-refractivity contribution is 0.0878. The van der Waals surface area contributed by atoms with E-state index in [0.717, 1.165) is 68.8 Å². The Kier molecular flexibility index (Phi) is 9.50. The van der Waals surface area contributed by atoms with E-state index in [9.17, 15) is 4.79 Å². The minimum absolute atomic E-state index is 0.307. The number of aliphatic hydroxyl groups excluding tert-OH is 2. The van der Waals surface area contributed by atoms with Crippen LogP contribution in [-0.4, -0.2) is 65.2 Å². The van der Waals surface area contributed by atoms with Crippen LogP contribution in [0, 0.1) is 12.8 Å². The Bertz CT molecular complexity index is 875. The zero-order valence-corrected chi connectivity index (χ0v) is 19.6. The first-order chi connectivity index (χ1) is 16.0. The fourth-order valence-electron chi connectivity index (χ4n) is 4.07. The molecule has 1 amide bonds. The summed E-state index contributed by atoms with van der Waals surface area (Å²) in [6.07, 6.45) is 6.17. The van der Waals surface area contributed by atoms with Crippen molar-refractivity contribution >= 4 is 11.9 Å². The number of aromatic nitrogens is 2. The van der Waals surface area contributed by atoms with E-state index in [1.807, 2.05) is 13.0 Å². The summed E-state index contributed by atoms with van der Waals surface area (Å²) in [7, 11) is 0. The van der Waals surface area contributed by atoms with Gasteiger partial charge in [0.1, 0.15) is 5.75 Å². The summed E-state index contributed by atoms with van der Waals surface area (Å²) in [5, 5.41) is 24.9. The predicted molar refractivity (Wildman–Crippen MR) is 125 cm³/mol. The number of benzene rings is 1. The van der Waals surface area contributed by atoms with E-state index in [1.54, 1.807) is 12.1 Å². The molecule has 1 aliphatic heterocycles. The zero-order chi connectivity index (χ0) is 23.6. The highest BCUT2D eigenvalue weighted by Gasteiger charge is 2.23. The molecule has 0 atom stereocenters. The molecule has 9 nitrogen and oxygen atoms in total. The van der Waals surface area contributed by atoms with Crippen LogP contribution in [0.2, 0.25) is 0 Å². The van der Waals surface area contributed by atoms with Crippen LogP contribution in [0.1, 0.15) is 60.8 Å². The van der Waals surface area contributed by atoms with Gasteiger partial charge in [-0.05, 0) is 68.7 Å². The maximum atomic E-state index is 12.3. The standard InChI is InChI=1S/C24H36N4O5/c1-3-5-22-26-24(33-27-22)28-11-9-18(10-12-28)6-4-13-32-20-7-8-21(17(2)14-20)23(31)25-19(15-29)16-30/h7-8,14,18-19,29-30H,3-6,9-13,15-16H2,1-2H3,(H,25,31). The fraction of sp³-hybridized carbons (Fsp3) is 0.625. The molecule has 1 aromatic carbocycles. The van der Waals surface area contributed by atoms with Crippen molar-refractivity contribution in [2.75, 3.05) is 37.8 Å². The molecule has 0 aliphatic carbocycles. The van der Waals surface area contributed by atoms with Crippen LogP contribution in [0.15, 0.2) is 22.7 Å². The van der Waals surface area contributed by atoms with Gasteiger partial charge in [-0.15, -0.1) is 0 Å². The molecule has 1 aliphatic rings. The molecule has 1 aromatic heterocycles. The second-order valence-electron chi connectivity index (χ2n) is 8.68. The summed E-state index contributed by atoms with van der Waals surface area (Å²) < 4.78 is 11.3. The predicted octanol–water partition coefficient (Wildman–Crippen LogP) is 2.49. The number of aryl methyl sites for hydroxylation is 2. The number of anilines is 1. The Morgan fingerprint density at radius 1 is 1.30 bits per heavy atom. The SMILES string of the molecule is CCCc1noc(N2CCC(CCCOc3ccc(C(=O)NC(CO)CO)c(C)c3)CC2)n1. The lowest BCUT2D eigenvalue weighted by Crippen LogP contribution is -2.40. The van der Waals surface area contributed by atoms with E-state index >= 15 is 0 Å². The monoisotopic (exact) mass is 460 g/mol. The van der Waals surface area contributed by atoms with Crippen molar-refractivity contribution in [2.24, 2.45) is 5.92 Å². The summed E-state index contributed by atoms with van der Waals surface area (Å²) in [4.78, 5) is 19.0. The van der Waals surface area contributed by atoms with Crippen molar-refractivity contribution in [1.29, 1.82) is 0 Å². The topological polar surface area (TPSA) is 121 Å². The van der Waals surface area contributed by atoms with Gasteiger partial charge < -0.3 is 29.7 Å². The van der Waals surface area contributed by atoms with Crippen LogP contribution in [0.3, 0.4) is 0 Å². The molecular weight excluding hydrogens is 424 g/mol. The van der Waals surface area contributed by atoms with Crippen molar-refractivity contribution in [3.63, 3.8) is 0 Å². The lowest BCUT2D eigenvalue weighted by atomic mass is 9.92. The highest BCUT2D eigenvalue weighted by molar-refractivity contribution is 5.96. The molecule has 1 fully saturated rings. The average Bonchev–Trinajstić information content (AvgIpc) is 3.29. The summed E-state index contributed by atoms with van der Waals surface area (Å²) in [5.41, 5.74) is 1.29. The minimum atomic E-state index is -0.662. The first-order valence-corrected chi connectivity index (χ1v) is 11.9. The van der Waals surface area contributed by atoms with Crippen LogP contribution < -0.4 is 15.0 Å². The Labute approximate surface area is 195 Å². The van der Waals surface area contributed by atoms with E-state index < -0.39 is 6.04 Å². The normalized spacial score (nSPS) is 14.6. The third-order valence-corrected chi connectivity index (χ3v) is 6.06. The molecule has 0 bridgehead atoms. The first-order valence-electron chi connectivity index (χ1n) is 11.9. The number of carbonyl (C=O) groups is 1. The van der Waals surface area contributed by atoms with Crippen molar-refractivity contribution < 1.29 is 24.3 Å². The van der Waals surface area contributed by atoms with Gasteiger partial charge >= 0.3 is 6.01 Å². The molecule has 0 spiro atoms. The molecule has 182 valence electrons. The van der Waals surface area contributed by atoms with Crippen LogP contribution in [-0.2, 0) is 6.42 Å². The van der Waals surface area contributed by atoms with E-state index in [4.69, 9.17) is 19.5 Å². The number of amides is 1. The lowest BCUT2D eigenvalue weighted by Gasteiger charge is -2.30. The number of hydrogen-bond acceptors (Lipinski definition) is 8. The average molecular weight is 461 g/mol. The molecule has 0 unspecified atom stereocenters. The maximum Gasteiger partial charge on any atom is 0.324 e. The zero-order valence-electron chi connectivity index (χ0n) is 19.6. The van der Waals surface area contributed by atoms with Gasteiger partial charge in [-0.1, -0.05) is 12.1 Å². The van der Waals surface area contributed by atoms with E-state index in [-0.39, 0.29) is 19.1 Å². The third kappa shape index (κ3) is 7.17. The van der Waals surface area contributed by atoms with Crippen LogP contribution in [0.4, 0.5) is 6.01 Å². The molecule has 0 saturated carbocycles. The third-order valence-electron chi connectivity index (χ3n) is 6.06. The van der Waals surface area contributed by atoms with Gasteiger partial charge in [-0.25, -0.2) is 0 Å². The molecule has 1 saturated heterocycles. The van der Waals surface area contributed by atoms with Crippen molar-refractivity contribution in [2.45, 2.75) is 58.4 Å². The van der Waals surface area contributed by atoms with Gasteiger partial charge in [0.25, 0.3) is 5.91 Å². The minimum Gasteiger partial charge on any atom is -0.494 e. The molecule has 9 heteroatoms. The second kappa shape index (κ2) is 12.6. The van der Waals surface area contributed by atoms with Crippen LogP contribution >= 0.6 is 0 Å². The number of carbonyl (C=O) groups excluding carboxylic acids is 1. The smallest absolute Gasteiger partial charge is 0.324 e. The van der Waals surface area contributed by atoms with E-state index in [0.29, 0.717) is 24.1 Å².